The molecule has 0 N–H and O–H groups in total. The van der Waals surface area contributed by atoms with E-state index < -0.39 is 0 Å². The molecule has 0 aliphatic carbocycles. The zero-order chi connectivity index (χ0) is 11.7. The molecule has 0 saturated carbocycles. The van der Waals surface area contributed by atoms with Crippen molar-refractivity contribution in [2.75, 3.05) is 0 Å². The molecular formula is C14H20O2. The molecule has 1 aliphatic rings. The van der Waals surface area contributed by atoms with Gasteiger partial charge in [-0.15, -0.1) is 0 Å². The zero-order valence-corrected chi connectivity index (χ0v) is 10.4. The monoisotopic (exact) mass is 220 g/mol. The Morgan fingerprint density at radius 3 is 1.88 bits per heavy atom. The molecule has 2 rings (SSSR count). The van der Waals surface area contributed by atoms with Crippen molar-refractivity contribution in [2.45, 2.75) is 52.1 Å². The number of benzene rings is 1. The molecule has 0 bridgehead atoms. The van der Waals surface area contributed by atoms with E-state index in [1.54, 1.807) is 0 Å². The van der Waals surface area contributed by atoms with Crippen LogP contribution >= 0.6 is 0 Å². The van der Waals surface area contributed by atoms with Crippen LogP contribution in [0.2, 0.25) is 0 Å². The van der Waals surface area contributed by atoms with Crippen LogP contribution in [0.25, 0.3) is 0 Å². The standard InChI is InChI=1S/C14H20O2/c1-9(2)12-5-7-13(8-6-12)14-15-10(3)11(4)16-14/h5-11,14H,1-4H3/t10-,11-/m0/s1. The summed E-state index contributed by atoms with van der Waals surface area (Å²) in [6.45, 7) is 8.49. The molecule has 0 unspecified atom stereocenters. The molecule has 2 atom stereocenters. The van der Waals surface area contributed by atoms with Crippen molar-refractivity contribution in [2.24, 2.45) is 0 Å². The van der Waals surface area contributed by atoms with E-state index in [2.05, 4.69) is 38.1 Å². The van der Waals surface area contributed by atoms with Crippen LogP contribution in [0.15, 0.2) is 24.3 Å². The molecule has 16 heavy (non-hydrogen) atoms. The highest BCUT2D eigenvalue weighted by molar-refractivity contribution is 5.25. The van der Waals surface area contributed by atoms with Crippen LogP contribution in [0.5, 0.6) is 0 Å². The van der Waals surface area contributed by atoms with Gasteiger partial charge in [0.1, 0.15) is 0 Å². The molecule has 88 valence electrons. The Bertz CT molecular complexity index is 332. The van der Waals surface area contributed by atoms with Crippen molar-refractivity contribution >= 4 is 0 Å². The van der Waals surface area contributed by atoms with Crippen LogP contribution in [-0.4, -0.2) is 12.2 Å². The summed E-state index contributed by atoms with van der Waals surface area (Å²) >= 11 is 0. The molecule has 1 aromatic rings. The van der Waals surface area contributed by atoms with Gasteiger partial charge < -0.3 is 9.47 Å². The van der Waals surface area contributed by atoms with E-state index in [1.807, 2.05) is 13.8 Å². The fourth-order valence-corrected chi connectivity index (χ4v) is 1.84. The second-order valence-electron chi connectivity index (χ2n) is 4.84. The van der Waals surface area contributed by atoms with Crippen molar-refractivity contribution in [3.63, 3.8) is 0 Å². The normalized spacial score (nSPS) is 26.6. The van der Waals surface area contributed by atoms with E-state index in [0.717, 1.165) is 5.56 Å². The van der Waals surface area contributed by atoms with E-state index >= 15 is 0 Å². The zero-order valence-electron chi connectivity index (χ0n) is 10.4. The van der Waals surface area contributed by atoms with E-state index in [-0.39, 0.29) is 18.5 Å². The smallest absolute Gasteiger partial charge is 0.184 e. The minimum Gasteiger partial charge on any atom is -0.343 e. The topological polar surface area (TPSA) is 18.5 Å². The molecule has 2 nitrogen and oxygen atoms in total. The lowest BCUT2D eigenvalue weighted by Crippen LogP contribution is -2.13. The first-order valence-electron chi connectivity index (χ1n) is 5.98. The molecule has 0 spiro atoms. The second-order valence-corrected chi connectivity index (χ2v) is 4.84. The Labute approximate surface area is 97.6 Å². The van der Waals surface area contributed by atoms with Gasteiger partial charge in [-0.25, -0.2) is 0 Å². The molecule has 1 aliphatic heterocycles. The first-order valence-corrected chi connectivity index (χ1v) is 5.98. The first-order chi connectivity index (χ1) is 7.58. The lowest BCUT2D eigenvalue weighted by Gasteiger charge is -2.12. The molecular weight excluding hydrogens is 200 g/mol. The van der Waals surface area contributed by atoms with Crippen LogP contribution in [0.4, 0.5) is 0 Å². The van der Waals surface area contributed by atoms with Gasteiger partial charge in [-0.05, 0) is 25.3 Å². The summed E-state index contributed by atoms with van der Waals surface area (Å²) in [7, 11) is 0. The maximum absolute atomic E-state index is 5.74. The fraction of sp³-hybridized carbons (Fsp3) is 0.571. The lowest BCUT2D eigenvalue weighted by atomic mass is 10.0. The van der Waals surface area contributed by atoms with E-state index in [0.29, 0.717) is 5.92 Å². The van der Waals surface area contributed by atoms with Crippen LogP contribution in [-0.2, 0) is 9.47 Å². The largest absolute Gasteiger partial charge is 0.343 e. The minimum absolute atomic E-state index is 0.176. The maximum atomic E-state index is 5.74. The molecule has 0 radical (unpaired) electrons. The summed E-state index contributed by atoms with van der Waals surface area (Å²) < 4.78 is 11.5. The van der Waals surface area contributed by atoms with Crippen LogP contribution in [0, 0.1) is 0 Å². The van der Waals surface area contributed by atoms with Gasteiger partial charge in [0.15, 0.2) is 6.29 Å². The molecule has 1 heterocycles. The highest BCUT2D eigenvalue weighted by Crippen LogP contribution is 2.31. The quantitative estimate of drug-likeness (QED) is 0.757. The third kappa shape index (κ3) is 2.28. The van der Waals surface area contributed by atoms with E-state index in [4.69, 9.17) is 9.47 Å². The predicted molar refractivity (Wildman–Crippen MR) is 64.4 cm³/mol. The maximum Gasteiger partial charge on any atom is 0.184 e. The molecule has 1 saturated heterocycles. The number of ether oxygens (including phenoxy) is 2. The Morgan fingerprint density at radius 1 is 0.938 bits per heavy atom. The summed E-state index contributed by atoms with van der Waals surface area (Å²) in [5.74, 6) is 0.567. The van der Waals surface area contributed by atoms with E-state index in [9.17, 15) is 0 Å². The first kappa shape index (κ1) is 11.6. The highest BCUT2D eigenvalue weighted by Gasteiger charge is 2.30. The Hall–Kier alpha value is -0.860. The highest BCUT2D eigenvalue weighted by atomic mass is 16.7. The average Bonchev–Trinajstić information content (AvgIpc) is 2.59. The number of rotatable bonds is 2. The van der Waals surface area contributed by atoms with Gasteiger partial charge in [0.25, 0.3) is 0 Å². The summed E-state index contributed by atoms with van der Waals surface area (Å²) in [5.41, 5.74) is 2.46. The second kappa shape index (κ2) is 4.56. The minimum atomic E-state index is -0.189. The lowest BCUT2D eigenvalue weighted by molar-refractivity contribution is -0.0652. The van der Waals surface area contributed by atoms with Gasteiger partial charge in [0, 0.05) is 5.56 Å². The van der Waals surface area contributed by atoms with E-state index in [1.165, 1.54) is 5.56 Å². The van der Waals surface area contributed by atoms with Gasteiger partial charge >= 0.3 is 0 Å². The number of hydrogen-bond donors (Lipinski definition) is 0. The molecule has 2 heteroatoms. The fourth-order valence-electron chi connectivity index (χ4n) is 1.84. The van der Waals surface area contributed by atoms with Crippen molar-refractivity contribution in [1.82, 2.24) is 0 Å². The third-order valence-electron chi connectivity index (χ3n) is 3.21. The summed E-state index contributed by atoms with van der Waals surface area (Å²) in [6, 6.07) is 8.51. The van der Waals surface area contributed by atoms with Gasteiger partial charge in [-0.1, -0.05) is 38.1 Å². The van der Waals surface area contributed by atoms with Crippen LogP contribution in [0.3, 0.4) is 0 Å². The Kier molecular flexibility index (Phi) is 3.31. The molecule has 1 aromatic carbocycles. The molecule has 1 fully saturated rings. The van der Waals surface area contributed by atoms with Gasteiger partial charge in [0.05, 0.1) is 12.2 Å². The van der Waals surface area contributed by atoms with Gasteiger partial charge in [0.2, 0.25) is 0 Å². The molecule has 0 amide bonds. The van der Waals surface area contributed by atoms with Crippen LogP contribution in [0.1, 0.15) is 51.0 Å². The molecule has 0 aromatic heterocycles. The van der Waals surface area contributed by atoms with Crippen molar-refractivity contribution < 1.29 is 9.47 Å². The van der Waals surface area contributed by atoms with Crippen molar-refractivity contribution in [3.8, 4) is 0 Å². The summed E-state index contributed by atoms with van der Waals surface area (Å²) in [4.78, 5) is 0. The predicted octanol–water partition coefficient (Wildman–Crippen LogP) is 3.63. The van der Waals surface area contributed by atoms with Gasteiger partial charge in [-0.2, -0.15) is 0 Å². The SMILES string of the molecule is CC(C)c1ccc(C2O[C@@H](C)[C@H](C)O2)cc1. The average molecular weight is 220 g/mol. The summed E-state index contributed by atoms with van der Waals surface area (Å²) in [5, 5.41) is 0. The Balaban J connectivity index is 2.11. The van der Waals surface area contributed by atoms with Crippen molar-refractivity contribution in [1.29, 1.82) is 0 Å². The number of hydrogen-bond acceptors (Lipinski definition) is 2. The van der Waals surface area contributed by atoms with Crippen molar-refractivity contribution in [3.05, 3.63) is 35.4 Å². The Morgan fingerprint density at radius 2 is 1.44 bits per heavy atom. The van der Waals surface area contributed by atoms with Gasteiger partial charge in [-0.3, -0.25) is 0 Å². The van der Waals surface area contributed by atoms with Crippen LogP contribution < -0.4 is 0 Å². The third-order valence-corrected chi connectivity index (χ3v) is 3.21. The summed E-state index contributed by atoms with van der Waals surface area (Å²) in [6.07, 6.45) is 0.163.